The zero-order valence-corrected chi connectivity index (χ0v) is 12.7. The Morgan fingerprint density at radius 3 is 2.53 bits per heavy atom. The van der Waals surface area contributed by atoms with E-state index in [1.165, 1.54) is 5.56 Å². The highest BCUT2D eigenvalue weighted by Gasteiger charge is 2.07. The molecule has 0 aromatic heterocycles. The number of ketones is 1. The van der Waals surface area contributed by atoms with E-state index in [1.54, 1.807) is 18.2 Å². The van der Waals surface area contributed by atoms with E-state index >= 15 is 0 Å². The molecule has 3 heteroatoms. The molecule has 0 radical (unpaired) electrons. The average molecular weight is 338 g/mol. The van der Waals surface area contributed by atoms with Gasteiger partial charge >= 0.3 is 0 Å². The predicted octanol–water partition coefficient (Wildman–Crippen LogP) is 5.31. The second-order valence-corrected chi connectivity index (χ2v) is 5.65. The largest absolute Gasteiger partial charge is 0.294 e. The van der Waals surface area contributed by atoms with E-state index in [-0.39, 0.29) is 5.78 Å². The molecule has 0 bridgehead atoms. The number of rotatable bonds is 5. The highest BCUT2D eigenvalue weighted by molar-refractivity contribution is 9.10. The third-order valence-electron chi connectivity index (χ3n) is 2.95. The fraction of sp³-hybridized carbons (Fsp3) is 0.188. The van der Waals surface area contributed by atoms with Crippen LogP contribution in [0.25, 0.3) is 0 Å². The molecule has 0 fully saturated rings. The van der Waals surface area contributed by atoms with Gasteiger partial charge in [-0.15, -0.1) is 0 Å². The summed E-state index contributed by atoms with van der Waals surface area (Å²) in [4.78, 5) is 12.0. The second kappa shape index (κ2) is 6.88. The van der Waals surface area contributed by atoms with Gasteiger partial charge in [-0.25, -0.2) is 0 Å². The summed E-state index contributed by atoms with van der Waals surface area (Å²) in [5.74, 6) is 0.160. The molecule has 2 rings (SSSR count). The first-order valence-corrected chi connectivity index (χ1v) is 7.36. The minimum absolute atomic E-state index is 0.160. The maximum atomic E-state index is 12.0. The Hall–Kier alpha value is -1.12. The average Bonchev–Trinajstić information content (AvgIpc) is 2.43. The van der Waals surface area contributed by atoms with Gasteiger partial charge in [0.2, 0.25) is 0 Å². The van der Waals surface area contributed by atoms with Crippen LogP contribution in [0.1, 0.15) is 28.8 Å². The van der Waals surface area contributed by atoms with Gasteiger partial charge in [0.1, 0.15) is 0 Å². The van der Waals surface area contributed by atoms with Gasteiger partial charge in [-0.2, -0.15) is 0 Å². The summed E-state index contributed by atoms with van der Waals surface area (Å²) in [6.07, 6.45) is 2.35. The van der Waals surface area contributed by atoms with Crippen LogP contribution >= 0.6 is 27.5 Å². The molecule has 0 aliphatic carbocycles. The zero-order valence-electron chi connectivity index (χ0n) is 10.4. The van der Waals surface area contributed by atoms with Crippen LogP contribution in [0.4, 0.5) is 0 Å². The molecule has 0 saturated heterocycles. The molecule has 0 saturated carbocycles. The summed E-state index contributed by atoms with van der Waals surface area (Å²) in [5.41, 5.74) is 1.98. The fourth-order valence-corrected chi connectivity index (χ4v) is 2.41. The van der Waals surface area contributed by atoms with Crippen LogP contribution in [0.2, 0.25) is 5.02 Å². The number of carbonyl (C=O) groups is 1. The van der Waals surface area contributed by atoms with Crippen molar-refractivity contribution < 1.29 is 4.79 Å². The molecule has 0 N–H and O–H groups in total. The molecule has 1 nitrogen and oxygen atoms in total. The van der Waals surface area contributed by atoms with E-state index in [0.29, 0.717) is 17.0 Å². The van der Waals surface area contributed by atoms with Crippen molar-refractivity contribution in [2.75, 3.05) is 0 Å². The van der Waals surface area contributed by atoms with Gasteiger partial charge < -0.3 is 0 Å². The van der Waals surface area contributed by atoms with Crippen molar-refractivity contribution >= 4 is 33.3 Å². The highest BCUT2D eigenvalue weighted by Crippen LogP contribution is 2.24. The Morgan fingerprint density at radius 1 is 1.11 bits per heavy atom. The molecule has 0 spiro atoms. The van der Waals surface area contributed by atoms with Crippen LogP contribution < -0.4 is 0 Å². The third-order valence-corrected chi connectivity index (χ3v) is 4.17. The van der Waals surface area contributed by atoms with Crippen molar-refractivity contribution in [1.29, 1.82) is 0 Å². The monoisotopic (exact) mass is 336 g/mol. The minimum atomic E-state index is 0.160. The Kier molecular flexibility index (Phi) is 5.17. The van der Waals surface area contributed by atoms with E-state index in [9.17, 15) is 4.79 Å². The van der Waals surface area contributed by atoms with Crippen molar-refractivity contribution in [3.8, 4) is 0 Å². The zero-order chi connectivity index (χ0) is 13.7. The van der Waals surface area contributed by atoms with Crippen LogP contribution in [0.5, 0.6) is 0 Å². The summed E-state index contributed by atoms with van der Waals surface area (Å²) >= 11 is 9.25. The summed E-state index contributed by atoms with van der Waals surface area (Å²) in [7, 11) is 0. The van der Waals surface area contributed by atoms with Gasteiger partial charge in [0.05, 0.1) is 5.02 Å². The molecule has 0 heterocycles. The van der Waals surface area contributed by atoms with E-state index < -0.39 is 0 Å². The molecule has 0 atom stereocenters. The predicted molar refractivity (Wildman–Crippen MR) is 82.9 cm³/mol. The first-order valence-electron chi connectivity index (χ1n) is 6.19. The normalized spacial score (nSPS) is 10.4. The van der Waals surface area contributed by atoms with Gasteiger partial charge in [-0.3, -0.25) is 4.79 Å². The molecule has 0 unspecified atom stereocenters. The summed E-state index contributed by atoms with van der Waals surface area (Å²) in [5, 5.41) is 0.626. The van der Waals surface area contributed by atoms with Gasteiger partial charge in [0.15, 0.2) is 5.78 Å². The first-order chi connectivity index (χ1) is 9.16. The molecule has 0 aliphatic rings. The molecule has 0 amide bonds. The SMILES string of the molecule is O=C(CCCc1ccccc1)c1ccc(Cl)c(Br)c1. The topological polar surface area (TPSA) is 17.1 Å². The lowest BCUT2D eigenvalue weighted by molar-refractivity contribution is 0.0980. The van der Waals surface area contributed by atoms with Gasteiger partial charge in [-0.1, -0.05) is 41.9 Å². The smallest absolute Gasteiger partial charge is 0.162 e. The van der Waals surface area contributed by atoms with E-state index in [1.807, 2.05) is 18.2 Å². The summed E-state index contributed by atoms with van der Waals surface area (Å²) < 4.78 is 0.767. The lowest BCUT2D eigenvalue weighted by Crippen LogP contribution is -2.00. The lowest BCUT2D eigenvalue weighted by Gasteiger charge is -2.03. The molecular weight excluding hydrogens is 324 g/mol. The van der Waals surface area contributed by atoms with Gasteiger partial charge in [0, 0.05) is 16.5 Å². The summed E-state index contributed by atoms with van der Waals surface area (Å²) in [6.45, 7) is 0. The molecule has 0 aliphatic heterocycles. The highest BCUT2D eigenvalue weighted by atomic mass is 79.9. The van der Waals surface area contributed by atoms with Gasteiger partial charge in [0.25, 0.3) is 0 Å². The molecule has 19 heavy (non-hydrogen) atoms. The number of Topliss-reactive ketones (excluding diaryl/α,β-unsaturated/α-hetero) is 1. The fourth-order valence-electron chi connectivity index (χ4n) is 1.91. The van der Waals surface area contributed by atoms with Gasteiger partial charge in [-0.05, 0) is 52.5 Å². The van der Waals surface area contributed by atoms with Crippen molar-refractivity contribution in [1.82, 2.24) is 0 Å². The van der Waals surface area contributed by atoms with Crippen LogP contribution in [-0.2, 0) is 6.42 Å². The minimum Gasteiger partial charge on any atom is -0.294 e. The maximum absolute atomic E-state index is 12.0. The molecule has 2 aromatic carbocycles. The Morgan fingerprint density at radius 2 is 1.84 bits per heavy atom. The molecule has 98 valence electrons. The van der Waals surface area contributed by atoms with Crippen LogP contribution in [-0.4, -0.2) is 5.78 Å². The second-order valence-electron chi connectivity index (χ2n) is 4.39. The third kappa shape index (κ3) is 4.19. The van der Waals surface area contributed by atoms with E-state index in [2.05, 4.69) is 28.1 Å². The number of carbonyl (C=O) groups excluding carboxylic acids is 1. The van der Waals surface area contributed by atoms with Crippen molar-refractivity contribution in [3.05, 3.63) is 69.2 Å². The van der Waals surface area contributed by atoms with Crippen molar-refractivity contribution in [2.45, 2.75) is 19.3 Å². The van der Waals surface area contributed by atoms with Crippen LogP contribution in [0, 0.1) is 0 Å². The summed E-state index contributed by atoms with van der Waals surface area (Å²) in [6, 6.07) is 15.5. The van der Waals surface area contributed by atoms with Crippen LogP contribution in [0.15, 0.2) is 53.0 Å². The van der Waals surface area contributed by atoms with Crippen molar-refractivity contribution in [3.63, 3.8) is 0 Å². The molecular formula is C16H14BrClO. The first kappa shape index (κ1) is 14.3. The number of aryl methyl sites for hydroxylation is 1. The quantitative estimate of drug-likeness (QED) is 0.676. The standard InChI is InChI=1S/C16H14BrClO/c17-14-11-13(9-10-15(14)18)16(19)8-4-7-12-5-2-1-3-6-12/h1-3,5-6,9-11H,4,7-8H2. The number of hydrogen-bond donors (Lipinski definition) is 0. The molecule has 2 aromatic rings. The number of hydrogen-bond acceptors (Lipinski definition) is 1. The van der Waals surface area contributed by atoms with Crippen LogP contribution in [0.3, 0.4) is 0 Å². The Balaban J connectivity index is 1.89. The Labute approximate surface area is 126 Å². The van der Waals surface area contributed by atoms with E-state index in [4.69, 9.17) is 11.6 Å². The lowest BCUT2D eigenvalue weighted by atomic mass is 10.0. The van der Waals surface area contributed by atoms with E-state index in [0.717, 1.165) is 17.3 Å². The maximum Gasteiger partial charge on any atom is 0.162 e. The van der Waals surface area contributed by atoms with Crippen molar-refractivity contribution in [2.24, 2.45) is 0 Å². The Bertz CT molecular complexity index is 566. The number of halogens is 2. The number of benzene rings is 2.